The van der Waals surface area contributed by atoms with E-state index >= 15 is 0 Å². The van der Waals surface area contributed by atoms with Gasteiger partial charge in [0.1, 0.15) is 11.6 Å². The molecule has 2 aromatic rings. The van der Waals surface area contributed by atoms with E-state index in [1.165, 1.54) is 12.1 Å². The van der Waals surface area contributed by atoms with Crippen molar-refractivity contribution in [1.82, 2.24) is 15.3 Å². The van der Waals surface area contributed by atoms with Gasteiger partial charge in [0.25, 0.3) is 0 Å². The molecule has 0 saturated carbocycles. The fourth-order valence-corrected chi connectivity index (χ4v) is 1.92. The third-order valence-electron chi connectivity index (χ3n) is 3.14. The second-order valence-electron chi connectivity index (χ2n) is 4.95. The summed E-state index contributed by atoms with van der Waals surface area (Å²) in [5, 5.41) is 3.31. The monoisotopic (exact) mass is 289 g/mol. The van der Waals surface area contributed by atoms with Crippen LogP contribution in [-0.4, -0.2) is 16.5 Å². The molecule has 0 saturated heterocycles. The van der Waals surface area contributed by atoms with Gasteiger partial charge < -0.3 is 10.1 Å². The van der Waals surface area contributed by atoms with Crippen LogP contribution in [0.1, 0.15) is 30.2 Å². The van der Waals surface area contributed by atoms with Crippen molar-refractivity contribution in [1.29, 1.82) is 0 Å². The molecule has 4 nitrogen and oxygen atoms in total. The molecule has 0 radical (unpaired) electrons. The van der Waals surface area contributed by atoms with Crippen LogP contribution < -0.4 is 10.1 Å². The van der Waals surface area contributed by atoms with Gasteiger partial charge >= 0.3 is 6.01 Å². The van der Waals surface area contributed by atoms with Gasteiger partial charge in [-0.1, -0.05) is 6.92 Å². The topological polar surface area (TPSA) is 47.0 Å². The van der Waals surface area contributed by atoms with E-state index in [1.807, 2.05) is 6.92 Å². The zero-order chi connectivity index (χ0) is 15.2. The van der Waals surface area contributed by atoms with Crippen LogP contribution in [0.15, 0.2) is 24.4 Å². The molecule has 1 aromatic carbocycles. The van der Waals surface area contributed by atoms with Crippen molar-refractivity contribution in [2.75, 3.05) is 6.54 Å². The van der Waals surface area contributed by atoms with Gasteiger partial charge in [-0.2, -0.15) is 4.98 Å². The standard InChI is InChI=1S/C16H20FN3O/c1-4-7-18-9-13-10-19-16(20-12(13)3)21-15-6-5-14(17)8-11(15)2/h5-6,8,10,18H,4,7,9H2,1-3H3. The molecule has 0 atom stereocenters. The number of hydrogen-bond acceptors (Lipinski definition) is 4. The van der Waals surface area contributed by atoms with E-state index < -0.39 is 0 Å². The molecule has 0 fully saturated rings. The summed E-state index contributed by atoms with van der Waals surface area (Å²) >= 11 is 0. The lowest BCUT2D eigenvalue weighted by molar-refractivity contribution is 0.434. The number of aryl methyl sites for hydroxylation is 2. The SMILES string of the molecule is CCCNCc1cnc(Oc2ccc(F)cc2C)nc1C. The highest BCUT2D eigenvalue weighted by Crippen LogP contribution is 2.23. The Morgan fingerprint density at radius 2 is 2.10 bits per heavy atom. The van der Waals surface area contributed by atoms with E-state index in [0.717, 1.165) is 30.8 Å². The Hall–Kier alpha value is -2.01. The minimum atomic E-state index is -0.283. The van der Waals surface area contributed by atoms with Crippen LogP contribution >= 0.6 is 0 Å². The molecule has 1 aromatic heterocycles. The first-order valence-corrected chi connectivity index (χ1v) is 7.07. The van der Waals surface area contributed by atoms with E-state index in [4.69, 9.17) is 4.74 Å². The number of halogens is 1. The maximum Gasteiger partial charge on any atom is 0.322 e. The van der Waals surface area contributed by atoms with Crippen LogP contribution in [0, 0.1) is 19.7 Å². The van der Waals surface area contributed by atoms with Crippen LogP contribution in [-0.2, 0) is 6.54 Å². The molecule has 0 bridgehead atoms. The average molecular weight is 289 g/mol. The Labute approximate surface area is 124 Å². The fourth-order valence-electron chi connectivity index (χ4n) is 1.92. The van der Waals surface area contributed by atoms with Crippen LogP contribution in [0.25, 0.3) is 0 Å². The lowest BCUT2D eigenvalue weighted by atomic mass is 10.2. The van der Waals surface area contributed by atoms with Crippen molar-refractivity contribution in [3.8, 4) is 11.8 Å². The molecule has 1 N–H and O–H groups in total. The molecule has 0 aliphatic carbocycles. The van der Waals surface area contributed by atoms with Crippen LogP contribution in [0.2, 0.25) is 0 Å². The van der Waals surface area contributed by atoms with Crippen molar-refractivity contribution in [3.63, 3.8) is 0 Å². The molecule has 21 heavy (non-hydrogen) atoms. The van der Waals surface area contributed by atoms with Crippen LogP contribution in [0.5, 0.6) is 11.8 Å². The van der Waals surface area contributed by atoms with Crippen molar-refractivity contribution in [2.24, 2.45) is 0 Å². The van der Waals surface area contributed by atoms with Crippen molar-refractivity contribution >= 4 is 0 Å². The second kappa shape index (κ2) is 7.13. The maximum atomic E-state index is 13.1. The lowest BCUT2D eigenvalue weighted by Gasteiger charge is -2.10. The Morgan fingerprint density at radius 3 is 2.76 bits per heavy atom. The maximum absolute atomic E-state index is 13.1. The van der Waals surface area contributed by atoms with Crippen molar-refractivity contribution in [2.45, 2.75) is 33.7 Å². The van der Waals surface area contributed by atoms with Crippen LogP contribution in [0.4, 0.5) is 4.39 Å². The summed E-state index contributed by atoms with van der Waals surface area (Å²) in [6, 6.07) is 4.64. The van der Waals surface area contributed by atoms with Gasteiger partial charge in [0.15, 0.2) is 0 Å². The first-order valence-electron chi connectivity index (χ1n) is 7.07. The number of hydrogen-bond donors (Lipinski definition) is 1. The molecule has 0 spiro atoms. The lowest BCUT2D eigenvalue weighted by Crippen LogP contribution is -2.15. The second-order valence-corrected chi connectivity index (χ2v) is 4.95. The molecule has 5 heteroatoms. The van der Waals surface area contributed by atoms with Gasteiger partial charge in [-0.15, -0.1) is 0 Å². The minimum Gasteiger partial charge on any atom is -0.424 e. The fraction of sp³-hybridized carbons (Fsp3) is 0.375. The summed E-state index contributed by atoms with van der Waals surface area (Å²) in [6.45, 7) is 7.55. The first kappa shape index (κ1) is 15.4. The van der Waals surface area contributed by atoms with Gasteiger partial charge in [0.05, 0.1) is 0 Å². The molecule has 0 amide bonds. The number of nitrogens with one attached hydrogen (secondary N) is 1. The Bertz CT molecular complexity index is 616. The number of benzene rings is 1. The number of aromatic nitrogens is 2. The van der Waals surface area contributed by atoms with Gasteiger partial charge in [-0.3, -0.25) is 0 Å². The summed E-state index contributed by atoms with van der Waals surface area (Å²) in [6.07, 6.45) is 2.85. The predicted molar refractivity (Wildman–Crippen MR) is 80.0 cm³/mol. The largest absolute Gasteiger partial charge is 0.424 e. The van der Waals surface area contributed by atoms with Gasteiger partial charge in [0.2, 0.25) is 0 Å². The quantitative estimate of drug-likeness (QED) is 0.826. The minimum absolute atomic E-state index is 0.279. The Morgan fingerprint density at radius 1 is 1.29 bits per heavy atom. The van der Waals surface area contributed by atoms with E-state index in [0.29, 0.717) is 11.3 Å². The molecule has 0 unspecified atom stereocenters. The Balaban J connectivity index is 2.09. The highest BCUT2D eigenvalue weighted by Gasteiger charge is 2.07. The molecule has 2 rings (SSSR count). The Kier molecular flexibility index (Phi) is 5.22. The van der Waals surface area contributed by atoms with Crippen LogP contribution in [0.3, 0.4) is 0 Å². The zero-order valence-electron chi connectivity index (χ0n) is 12.6. The summed E-state index contributed by atoms with van der Waals surface area (Å²) < 4.78 is 18.7. The molecular formula is C16H20FN3O. The molecule has 0 aliphatic rings. The van der Waals surface area contributed by atoms with Gasteiger partial charge in [0, 0.05) is 24.0 Å². The molecule has 0 aliphatic heterocycles. The number of rotatable bonds is 6. The predicted octanol–water partition coefficient (Wildman–Crippen LogP) is 3.52. The third kappa shape index (κ3) is 4.23. The smallest absolute Gasteiger partial charge is 0.322 e. The third-order valence-corrected chi connectivity index (χ3v) is 3.14. The van der Waals surface area contributed by atoms with Crippen molar-refractivity contribution < 1.29 is 9.13 Å². The van der Waals surface area contributed by atoms with E-state index in [2.05, 4.69) is 22.2 Å². The van der Waals surface area contributed by atoms with Gasteiger partial charge in [-0.05, 0) is 50.6 Å². The van der Waals surface area contributed by atoms with Gasteiger partial charge in [-0.25, -0.2) is 9.37 Å². The van der Waals surface area contributed by atoms with Crippen molar-refractivity contribution in [3.05, 3.63) is 47.0 Å². The molecule has 1 heterocycles. The summed E-state index contributed by atoms with van der Waals surface area (Å²) in [5.74, 6) is 0.280. The first-order chi connectivity index (χ1) is 10.1. The summed E-state index contributed by atoms with van der Waals surface area (Å²) in [5.41, 5.74) is 2.64. The number of ether oxygens (including phenoxy) is 1. The van der Waals surface area contributed by atoms with E-state index in [-0.39, 0.29) is 11.8 Å². The normalized spacial score (nSPS) is 10.7. The molecular weight excluding hydrogens is 269 g/mol. The average Bonchev–Trinajstić information content (AvgIpc) is 2.44. The summed E-state index contributed by atoms with van der Waals surface area (Å²) in [7, 11) is 0. The van der Waals surface area contributed by atoms with E-state index in [1.54, 1.807) is 19.2 Å². The summed E-state index contributed by atoms with van der Waals surface area (Å²) in [4.78, 5) is 8.55. The highest BCUT2D eigenvalue weighted by molar-refractivity contribution is 5.34. The highest BCUT2D eigenvalue weighted by atomic mass is 19.1. The van der Waals surface area contributed by atoms with E-state index in [9.17, 15) is 4.39 Å². The number of nitrogens with zero attached hydrogens (tertiary/aromatic N) is 2. The molecule has 112 valence electrons. The zero-order valence-corrected chi connectivity index (χ0v) is 12.6.